The van der Waals surface area contributed by atoms with E-state index in [1.807, 2.05) is 12.1 Å². The van der Waals surface area contributed by atoms with E-state index in [1.54, 1.807) is 18.2 Å². The number of halogens is 3. The van der Waals surface area contributed by atoms with Crippen LogP contribution in [0.3, 0.4) is 0 Å². The number of nitrogens with two attached hydrogens (primary N) is 1. The molecule has 7 heteroatoms. The maximum atomic E-state index is 11.4. The van der Waals surface area contributed by atoms with Gasteiger partial charge in [-0.05, 0) is 29.3 Å². The zero-order valence-electron chi connectivity index (χ0n) is 10.6. The number of aromatic nitrogens is 2. The number of fused-ring (bicyclic) bond motifs is 1. The van der Waals surface area contributed by atoms with Gasteiger partial charge in [0.2, 0.25) is 0 Å². The number of nitrogens with one attached hydrogen (secondary N) is 2. The first-order valence-corrected chi connectivity index (χ1v) is 7.63. The molecule has 1 atom stereocenters. The Morgan fingerprint density at radius 2 is 1.76 bits per heavy atom. The lowest BCUT2D eigenvalue weighted by Crippen LogP contribution is -2.13. The summed E-state index contributed by atoms with van der Waals surface area (Å²) in [7, 11) is 0. The van der Waals surface area contributed by atoms with Crippen molar-refractivity contribution in [3.8, 4) is 0 Å². The van der Waals surface area contributed by atoms with Crippen molar-refractivity contribution in [2.24, 2.45) is 5.73 Å². The monoisotopic (exact) mass is 385 g/mol. The summed E-state index contributed by atoms with van der Waals surface area (Å²) in [5, 5.41) is 0.887. The van der Waals surface area contributed by atoms with Crippen LogP contribution in [0.5, 0.6) is 0 Å². The molecule has 1 heterocycles. The lowest BCUT2D eigenvalue weighted by Gasteiger charge is -2.16. The van der Waals surface area contributed by atoms with Gasteiger partial charge in [0.1, 0.15) is 0 Å². The van der Waals surface area contributed by atoms with Gasteiger partial charge in [0.05, 0.1) is 27.1 Å². The summed E-state index contributed by atoms with van der Waals surface area (Å²) in [5.41, 5.74) is 8.98. The topological polar surface area (TPSA) is 74.7 Å². The Morgan fingerprint density at radius 3 is 2.48 bits per heavy atom. The summed E-state index contributed by atoms with van der Waals surface area (Å²) >= 11 is 15.7. The minimum atomic E-state index is -0.464. The maximum Gasteiger partial charge on any atom is 0.323 e. The van der Waals surface area contributed by atoms with Crippen molar-refractivity contribution in [1.82, 2.24) is 9.97 Å². The van der Waals surface area contributed by atoms with Crippen LogP contribution in [0.4, 0.5) is 0 Å². The van der Waals surface area contributed by atoms with E-state index in [4.69, 9.17) is 28.9 Å². The van der Waals surface area contributed by atoms with Crippen molar-refractivity contribution in [2.75, 3.05) is 0 Å². The predicted molar refractivity (Wildman–Crippen MR) is 89.1 cm³/mol. The third kappa shape index (κ3) is 2.62. The Balaban J connectivity index is 2.16. The van der Waals surface area contributed by atoms with E-state index in [0.29, 0.717) is 21.1 Å². The summed E-state index contributed by atoms with van der Waals surface area (Å²) in [5.74, 6) is 0. The van der Waals surface area contributed by atoms with Crippen molar-refractivity contribution < 1.29 is 0 Å². The normalized spacial score (nSPS) is 12.8. The summed E-state index contributed by atoms with van der Waals surface area (Å²) < 4.78 is 0.786. The van der Waals surface area contributed by atoms with Crippen molar-refractivity contribution in [3.05, 3.63) is 66.5 Å². The Bertz CT molecular complexity index is 888. The second-order valence-electron chi connectivity index (χ2n) is 4.62. The fourth-order valence-electron chi connectivity index (χ4n) is 2.24. The van der Waals surface area contributed by atoms with Gasteiger partial charge in [-0.2, -0.15) is 0 Å². The molecule has 0 aliphatic heterocycles. The van der Waals surface area contributed by atoms with Gasteiger partial charge in [-0.25, -0.2) is 4.79 Å². The van der Waals surface area contributed by atoms with Crippen LogP contribution in [0.1, 0.15) is 17.2 Å². The highest BCUT2D eigenvalue weighted by molar-refractivity contribution is 9.10. The van der Waals surface area contributed by atoms with Crippen molar-refractivity contribution in [1.29, 1.82) is 0 Å². The smallest absolute Gasteiger partial charge is 0.320 e. The molecule has 0 amide bonds. The van der Waals surface area contributed by atoms with Crippen LogP contribution >= 0.6 is 39.1 Å². The summed E-state index contributed by atoms with van der Waals surface area (Å²) in [6, 6.07) is 8.50. The molecule has 0 fully saturated rings. The average Bonchev–Trinajstić information content (AvgIpc) is 2.79. The second-order valence-corrected chi connectivity index (χ2v) is 6.26. The molecule has 0 aliphatic rings. The Labute approximate surface area is 138 Å². The largest absolute Gasteiger partial charge is 0.323 e. The number of H-pyrrole nitrogens is 2. The van der Waals surface area contributed by atoms with Gasteiger partial charge in [0.25, 0.3) is 0 Å². The molecule has 1 unspecified atom stereocenters. The molecular weight excluding hydrogens is 377 g/mol. The SMILES string of the molecule is NC(c1cc2[nH]c(=O)[nH]c2cc1Br)c1cccc(Cl)c1Cl. The van der Waals surface area contributed by atoms with Gasteiger partial charge >= 0.3 is 5.69 Å². The molecule has 21 heavy (non-hydrogen) atoms. The molecule has 3 aromatic rings. The molecule has 1 aromatic heterocycles. The Morgan fingerprint density at radius 1 is 1.10 bits per heavy atom. The third-order valence-corrected chi connectivity index (χ3v) is 4.81. The lowest BCUT2D eigenvalue weighted by atomic mass is 9.99. The molecule has 0 saturated heterocycles. The summed E-state index contributed by atoms with van der Waals surface area (Å²) in [6.45, 7) is 0. The number of hydrogen-bond acceptors (Lipinski definition) is 2. The highest BCUT2D eigenvalue weighted by Gasteiger charge is 2.18. The van der Waals surface area contributed by atoms with E-state index < -0.39 is 6.04 Å². The van der Waals surface area contributed by atoms with E-state index in [9.17, 15) is 4.79 Å². The van der Waals surface area contributed by atoms with E-state index in [0.717, 1.165) is 15.6 Å². The Kier molecular flexibility index (Phi) is 3.84. The van der Waals surface area contributed by atoms with Gasteiger partial charge in [0, 0.05) is 4.47 Å². The van der Waals surface area contributed by atoms with Crippen LogP contribution in [0.25, 0.3) is 11.0 Å². The second kappa shape index (κ2) is 5.50. The number of aromatic amines is 2. The molecule has 4 nitrogen and oxygen atoms in total. The first kappa shape index (κ1) is 14.7. The maximum absolute atomic E-state index is 11.4. The fraction of sp³-hybridized carbons (Fsp3) is 0.0714. The van der Waals surface area contributed by atoms with Crippen LogP contribution in [-0.2, 0) is 0 Å². The van der Waals surface area contributed by atoms with Gasteiger partial charge in [-0.1, -0.05) is 51.3 Å². The van der Waals surface area contributed by atoms with Crippen molar-refractivity contribution in [3.63, 3.8) is 0 Å². The third-order valence-electron chi connectivity index (χ3n) is 3.28. The number of imidazole rings is 1. The Hall–Kier alpha value is -1.27. The van der Waals surface area contributed by atoms with E-state index in [1.165, 1.54) is 0 Å². The highest BCUT2D eigenvalue weighted by Crippen LogP contribution is 2.35. The highest BCUT2D eigenvalue weighted by atomic mass is 79.9. The number of rotatable bonds is 2. The minimum Gasteiger partial charge on any atom is -0.320 e. The molecular formula is C14H10BrCl2N3O. The number of benzene rings is 2. The molecule has 108 valence electrons. The summed E-state index contributed by atoms with van der Waals surface area (Å²) in [6.07, 6.45) is 0. The zero-order chi connectivity index (χ0) is 15.1. The number of hydrogen-bond donors (Lipinski definition) is 3. The molecule has 0 aliphatic carbocycles. The van der Waals surface area contributed by atoms with Gasteiger partial charge in [0.15, 0.2) is 0 Å². The first-order chi connectivity index (χ1) is 9.97. The minimum absolute atomic E-state index is 0.261. The molecule has 4 N–H and O–H groups in total. The molecule has 0 radical (unpaired) electrons. The van der Waals surface area contributed by atoms with Gasteiger partial charge in [-0.15, -0.1) is 0 Å². The van der Waals surface area contributed by atoms with Crippen molar-refractivity contribution in [2.45, 2.75) is 6.04 Å². The first-order valence-electron chi connectivity index (χ1n) is 6.08. The van der Waals surface area contributed by atoms with Gasteiger partial charge in [-0.3, -0.25) is 0 Å². The van der Waals surface area contributed by atoms with E-state index in [-0.39, 0.29) is 5.69 Å². The quantitative estimate of drug-likeness (QED) is 0.623. The van der Waals surface area contributed by atoms with Crippen LogP contribution in [-0.4, -0.2) is 9.97 Å². The van der Waals surface area contributed by atoms with Gasteiger partial charge < -0.3 is 15.7 Å². The predicted octanol–water partition coefficient (Wildman–Crippen LogP) is 3.97. The van der Waals surface area contributed by atoms with Crippen LogP contribution in [0.2, 0.25) is 10.0 Å². The standard InChI is InChI=1S/C14H10BrCl2N3O/c15-8-5-11-10(19-14(21)20-11)4-7(8)13(18)6-2-1-3-9(16)12(6)17/h1-5,13H,18H2,(H2,19,20,21). The van der Waals surface area contributed by atoms with Crippen LogP contribution < -0.4 is 11.4 Å². The zero-order valence-corrected chi connectivity index (χ0v) is 13.7. The molecule has 2 aromatic carbocycles. The lowest BCUT2D eigenvalue weighted by molar-refractivity contribution is 0.868. The van der Waals surface area contributed by atoms with E-state index >= 15 is 0 Å². The fourth-order valence-corrected chi connectivity index (χ4v) is 3.25. The molecule has 3 rings (SSSR count). The molecule has 0 saturated carbocycles. The van der Waals surface area contributed by atoms with E-state index in [2.05, 4.69) is 25.9 Å². The van der Waals surface area contributed by atoms with Crippen LogP contribution in [0, 0.1) is 0 Å². The molecule has 0 spiro atoms. The van der Waals surface area contributed by atoms with Crippen LogP contribution in [0.15, 0.2) is 39.6 Å². The summed E-state index contributed by atoms with van der Waals surface area (Å²) in [4.78, 5) is 16.8. The van der Waals surface area contributed by atoms with Crippen molar-refractivity contribution >= 4 is 50.2 Å². The molecule has 0 bridgehead atoms. The average molecular weight is 387 g/mol.